The number of hydrogen-bond donors (Lipinski definition) is 3. The lowest BCUT2D eigenvalue weighted by Gasteiger charge is -2.11. The van der Waals surface area contributed by atoms with Gasteiger partial charge in [0, 0.05) is 23.0 Å². The Balaban J connectivity index is 1.93. The van der Waals surface area contributed by atoms with Gasteiger partial charge in [-0.05, 0) is 31.3 Å². The predicted octanol–water partition coefficient (Wildman–Crippen LogP) is 1.75. The minimum atomic E-state index is -0.0664. The van der Waals surface area contributed by atoms with Crippen LogP contribution in [0.4, 0.5) is 5.69 Å². The van der Waals surface area contributed by atoms with Gasteiger partial charge in [0.15, 0.2) is 5.16 Å². The quantitative estimate of drug-likeness (QED) is 0.755. The smallest absolute Gasteiger partial charge is 0.228 e. The zero-order valence-electron chi connectivity index (χ0n) is 11.4. The fourth-order valence-electron chi connectivity index (χ4n) is 1.63. The summed E-state index contributed by atoms with van der Waals surface area (Å²) in [7, 11) is 1.83. The van der Waals surface area contributed by atoms with Crippen molar-refractivity contribution in [1.82, 2.24) is 20.5 Å². The normalized spacial score (nSPS) is 12.1. The lowest BCUT2D eigenvalue weighted by Crippen LogP contribution is -2.28. The first-order chi connectivity index (χ1) is 9.69. The summed E-state index contributed by atoms with van der Waals surface area (Å²) in [5.41, 5.74) is 0.792. The van der Waals surface area contributed by atoms with Crippen LogP contribution in [0.5, 0.6) is 0 Å². The summed E-state index contributed by atoms with van der Waals surface area (Å²) in [6, 6.07) is 7.63. The summed E-state index contributed by atoms with van der Waals surface area (Å²) in [6.45, 7) is 2.55. The van der Waals surface area contributed by atoms with Gasteiger partial charge in [-0.3, -0.25) is 9.89 Å². The molecule has 0 fully saturated rings. The standard InChI is InChI=1S/C13H17N5OS/c1-9(7-14-2)12(19)17-10-3-5-11(6-4-10)20-13-15-8-16-18-13/h3-6,8-9,14H,7H2,1-2H3,(H,17,19)(H,15,16,18). The van der Waals surface area contributed by atoms with Crippen LogP contribution in [0.25, 0.3) is 0 Å². The van der Waals surface area contributed by atoms with Crippen molar-refractivity contribution in [2.24, 2.45) is 5.92 Å². The van der Waals surface area contributed by atoms with Crippen LogP contribution in [0.1, 0.15) is 6.92 Å². The Bertz CT molecular complexity index is 540. The summed E-state index contributed by atoms with van der Waals surface area (Å²) in [4.78, 5) is 16.9. The highest BCUT2D eigenvalue weighted by atomic mass is 32.2. The first-order valence-electron chi connectivity index (χ1n) is 6.28. The molecule has 0 saturated carbocycles. The van der Waals surface area contributed by atoms with Gasteiger partial charge in [-0.2, -0.15) is 5.10 Å². The molecule has 1 aromatic carbocycles. The van der Waals surface area contributed by atoms with Crippen molar-refractivity contribution in [2.75, 3.05) is 18.9 Å². The van der Waals surface area contributed by atoms with Crippen molar-refractivity contribution in [1.29, 1.82) is 0 Å². The van der Waals surface area contributed by atoms with E-state index in [4.69, 9.17) is 0 Å². The fraction of sp³-hybridized carbons (Fsp3) is 0.308. The highest BCUT2D eigenvalue weighted by Gasteiger charge is 2.11. The minimum absolute atomic E-state index is 0.00925. The number of nitrogens with zero attached hydrogens (tertiary/aromatic N) is 2. The lowest BCUT2D eigenvalue weighted by atomic mass is 10.1. The average molecular weight is 291 g/mol. The van der Waals surface area contributed by atoms with E-state index >= 15 is 0 Å². The van der Waals surface area contributed by atoms with E-state index in [0.717, 1.165) is 15.7 Å². The summed E-state index contributed by atoms with van der Waals surface area (Å²) >= 11 is 1.48. The molecule has 1 unspecified atom stereocenters. The molecule has 1 aromatic heterocycles. The molecular formula is C13H17N5OS. The molecule has 6 nitrogen and oxygen atoms in total. The number of anilines is 1. The van der Waals surface area contributed by atoms with E-state index in [2.05, 4.69) is 25.8 Å². The van der Waals surface area contributed by atoms with Crippen molar-refractivity contribution in [3.8, 4) is 0 Å². The number of amides is 1. The third-order valence-corrected chi connectivity index (χ3v) is 3.59. The SMILES string of the molecule is CNCC(C)C(=O)Nc1ccc(Sc2ncn[nH]2)cc1. The Labute approximate surface area is 121 Å². The Morgan fingerprint density at radius 2 is 2.15 bits per heavy atom. The molecule has 0 radical (unpaired) electrons. The van der Waals surface area contributed by atoms with Gasteiger partial charge in [-0.25, -0.2) is 4.98 Å². The van der Waals surface area contributed by atoms with E-state index in [-0.39, 0.29) is 11.8 Å². The second kappa shape index (κ2) is 7.06. The molecule has 0 aliphatic carbocycles. The van der Waals surface area contributed by atoms with Crippen molar-refractivity contribution in [3.05, 3.63) is 30.6 Å². The molecule has 7 heteroatoms. The van der Waals surface area contributed by atoms with Gasteiger partial charge in [0.05, 0.1) is 0 Å². The van der Waals surface area contributed by atoms with Crippen LogP contribution in [0.15, 0.2) is 40.6 Å². The molecule has 3 N–H and O–H groups in total. The maximum atomic E-state index is 11.9. The number of aromatic amines is 1. The zero-order chi connectivity index (χ0) is 14.4. The van der Waals surface area contributed by atoms with E-state index in [1.165, 1.54) is 18.1 Å². The van der Waals surface area contributed by atoms with Gasteiger partial charge < -0.3 is 10.6 Å². The van der Waals surface area contributed by atoms with Gasteiger partial charge in [0.2, 0.25) is 5.91 Å². The second-order valence-electron chi connectivity index (χ2n) is 4.37. The van der Waals surface area contributed by atoms with Gasteiger partial charge in [-0.1, -0.05) is 18.7 Å². The van der Waals surface area contributed by atoms with E-state index in [1.807, 2.05) is 38.2 Å². The van der Waals surface area contributed by atoms with E-state index < -0.39 is 0 Å². The molecule has 106 valence electrons. The lowest BCUT2D eigenvalue weighted by molar-refractivity contribution is -0.119. The zero-order valence-corrected chi connectivity index (χ0v) is 12.2. The van der Waals surface area contributed by atoms with Crippen LogP contribution >= 0.6 is 11.8 Å². The second-order valence-corrected chi connectivity index (χ2v) is 5.43. The molecule has 0 spiro atoms. The molecule has 20 heavy (non-hydrogen) atoms. The molecule has 0 aliphatic heterocycles. The minimum Gasteiger partial charge on any atom is -0.326 e. The third kappa shape index (κ3) is 4.07. The van der Waals surface area contributed by atoms with E-state index in [0.29, 0.717) is 6.54 Å². The summed E-state index contributed by atoms with van der Waals surface area (Å²) in [5.74, 6) is -0.0572. The van der Waals surface area contributed by atoms with Gasteiger partial charge >= 0.3 is 0 Å². The molecule has 0 aliphatic rings. The van der Waals surface area contributed by atoms with Crippen LogP contribution in [0, 0.1) is 5.92 Å². The van der Waals surface area contributed by atoms with Crippen molar-refractivity contribution in [2.45, 2.75) is 17.0 Å². The number of carbonyl (C=O) groups is 1. The van der Waals surface area contributed by atoms with Crippen LogP contribution in [0.2, 0.25) is 0 Å². The Morgan fingerprint density at radius 3 is 2.75 bits per heavy atom. The molecule has 1 atom stereocenters. The van der Waals surface area contributed by atoms with Gasteiger partial charge in [0.25, 0.3) is 0 Å². The highest BCUT2D eigenvalue weighted by Crippen LogP contribution is 2.25. The van der Waals surface area contributed by atoms with Crippen LogP contribution in [0.3, 0.4) is 0 Å². The van der Waals surface area contributed by atoms with E-state index in [9.17, 15) is 4.79 Å². The van der Waals surface area contributed by atoms with Crippen molar-refractivity contribution < 1.29 is 4.79 Å². The Morgan fingerprint density at radius 1 is 1.40 bits per heavy atom. The molecule has 1 heterocycles. The molecule has 2 rings (SSSR count). The number of H-pyrrole nitrogens is 1. The summed E-state index contributed by atoms with van der Waals surface area (Å²) in [6.07, 6.45) is 1.47. The highest BCUT2D eigenvalue weighted by molar-refractivity contribution is 7.99. The number of benzene rings is 1. The third-order valence-electron chi connectivity index (χ3n) is 2.69. The van der Waals surface area contributed by atoms with E-state index in [1.54, 1.807) is 0 Å². The molecule has 0 bridgehead atoms. The van der Waals surface area contributed by atoms with Gasteiger partial charge in [-0.15, -0.1) is 0 Å². The molecular weight excluding hydrogens is 274 g/mol. The Kier molecular flexibility index (Phi) is 5.14. The monoisotopic (exact) mass is 291 g/mol. The predicted molar refractivity (Wildman–Crippen MR) is 78.7 cm³/mol. The summed E-state index contributed by atoms with van der Waals surface area (Å²) in [5, 5.41) is 13.2. The number of aromatic nitrogens is 3. The largest absolute Gasteiger partial charge is 0.326 e. The maximum absolute atomic E-state index is 11.9. The first-order valence-corrected chi connectivity index (χ1v) is 7.09. The molecule has 1 amide bonds. The van der Waals surface area contributed by atoms with Gasteiger partial charge in [0.1, 0.15) is 6.33 Å². The average Bonchev–Trinajstić information content (AvgIpc) is 2.94. The first kappa shape index (κ1) is 14.5. The number of nitrogens with one attached hydrogen (secondary N) is 3. The Hall–Kier alpha value is -1.86. The van der Waals surface area contributed by atoms with Crippen LogP contribution in [-0.2, 0) is 4.79 Å². The van der Waals surface area contributed by atoms with Crippen LogP contribution < -0.4 is 10.6 Å². The maximum Gasteiger partial charge on any atom is 0.228 e. The van der Waals surface area contributed by atoms with Crippen molar-refractivity contribution >= 4 is 23.4 Å². The summed E-state index contributed by atoms with van der Waals surface area (Å²) < 4.78 is 0. The van der Waals surface area contributed by atoms with Crippen LogP contribution in [-0.4, -0.2) is 34.7 Å². The number of hydrogen-bond acceptors (Lipinski definition) is 5. The molecule has 0 saturated heterocycles. The molecule has 2 aromatic rings. The fourth-order valence-corrected chi connectivity index (χ4v) is 2.32. The topological polar surface area (TPSA) is 82.7 Å². The van der Waals surface area contributed by atoms with Crippen molar-refractivity contribution in [3.63, 3.8) is 0 Å². The number of rotatable bonds is 6. The number of carbonyl (C=O) groups excluding carboxylic acids is 1.